The lowest BCUT2D eigenvalue weighted by Gasteiger charge is -2.18. The largest absolute Gasteiger partial charge is 0.391 e. The Morgan fingerprint density at radius 1 is 1.33 bits per heavy atom. The molecule has 0 radical (unpaired) electrons. The lowest BCUT2D eigenvalue weighted by atomic mass is 9.98. The van der Waals surface area contributed by atoms with E-state index in [1.54, 1.807) is 0 Å². The van der Waals surface area contributed by atoms with Gasteiger partial charge in [-0.05, 0) is 25.3 Å². The van der Waals surface area contributed by atoms with Gasteiger partial charge in [0, 0.05) is 0 Å². The molecule has 2 N–H and O–H groups in total. The van der Waals surface area contributed by atoms with Gasteiger partial charge in [0.05, 0.1) is 5.92 Å². The van der Waals surface area contributed by atoms with Crippen molar-refractivity contribution in [2.45, 2.75) is 31.9 Å². The Balaban J connectivity index is 2.35. The molecule has 0 heterocycles. The molecule has 0 aromatic heterocycles. The van der Waals surface area contributed by atoms with Gasteiger partial charge >= 0.3 is 6.18 Å². The van der Waals surface area contributed by atoms with Crippen LogP contribution in [-0.2, 0) is 0 Å². The van der Waals surface area contributed by atoms with Crippen LogP contribution in [0.4, 0.5) is 13.2 Å². The zero-order chi connectivity index (χ0) is 9.19. The third-order valence-electron chi connectivity index (χ3n) is 2.29. The van der Waals surface area contributed by atoms with Crippen LogP contribution in [0.15, 0.2) is 0 Å². The smallest absolute Gasteiger partial charge is 0.330 e. The minimum atomic E-state index is -4.04. The van der Waals surface area contributed by atoms with Crippen LogP contribution < -0.4 is 5.73 Å². The van der Waals surface area contributed by atoms with Crippen molar-refractivity contribution in [3.05, 3.63) is 0 Å². The molecule has 4 heteroatoms. The van der Waals surface area contributed by atoms with Crippen molar-refractivity contribution in [2.24, 2.45) is 17.6 Å². The van der Waals surface area contributed by atoms with Crippen molar-refractivity contribution in [3.8, 4) is 0 Å². The molecule has 72 valence electrons. The van der Waals surface area contributed by atoms with E-state index in [4.69, 9.17) is 5.73 Å². The zero-order valence-corrected chi connectivity index (χ0v) is 6.90. The van der Waals surface area contributed by atoms with E-state index in [2.05, 4.69) is 0 Å². The van der Waals surface area contributed by atoms with Gasteiger partial charge in [-0.3, -0.25) is 0 Å². The predicted molar refractivity (Wildman–Crippen MR) is 40.6 cm³/mol. The van der Waals surface area contributed by atoms with Crippen molar-refractivity contribution in [1.29, 1.82) is 0 Å². The van der Waals surface area contributed by atoms with Crippen LogP contribution in [0.25, 0.3) is 0 Å². The molecule has 1 atom stereocenters. The maximum absolute atomic E-state index is 12.2. The highest BCUT2D eigenvalue weighted by molar-refractivity contribution is 4.80. The summed E-state index contributed by atoms with van der Waals surface area (Å²) in [7, 11) is 0. The molecule has 12 heavy (non-hydrogen) atoms. The maximum atomic E-state index is 12.2. The minimum absolute atomic E-state index is 0.0833. The predicted octanol–water partition coefficient (Wildman–Crippen LogP) is 2.31. The average molecular weight is 181 g/mol. The highest BCUT2D eigenvalue weighted by Gasteiger charge is 2.41. The Morgan fingerprint density at radius 3 is 2.25 bits per heavy atom. The van der Waals surface area contributed by atoms with Crippen LogP contribution in [0.3, 0.4) is 0 Å². The monoisotopic (exact) mass is 181 g/mol. The Bertz CT molecular complexity index is 140. The minimum Gasteiger partial charge on any atom is -0.330 e. The van der Waals surface area contributed by atoms with Gasteiger partial charge in [0.25, 0.3) is 0 Å². The lowest BCUT2D eigenvalue weighted by molar-refractivity contribution is -0.178. The average Bonchev–Trinajstić information content (AvgIpc) is 2.68. The van der Waals surface area contributed by atoms with Crippen molar-refractivity contribution in [3.63, 3.8) is 0 Å². The standard InChI is InChI=1S/C8H14F3N/c9-8(10,11)7(3-4-12)5-6-1-2-6/h6-7H,1-5,12H2. The van der Waals surface area contributed by atoms with Gasteiger partial charge in [-0.2, -0.15) is 13.2 Å². The van der Waals surface area contributed by atoms with Crippen molar-refractivity contribution < 1.29 is 13.2 Å². The van der Waals surface area contributed by atoms with Crippen molar-refractivity contribution in [1.82, 2.24) is 0 Å². The molecule has 0 saturated heterocycles. The molecule has 0 aromatic carbocycles. The van der Waals surface area contributed by atoms with Crippen LogP contribution in [0.5, 0.6) is 0 Å². The van der Waals surface area contributed by atoms with Crippen LogP contribution in [0.2, 0.25) is 0 Å². The number of nitrogens with two attached hydrogens (primary N) is 1. The maximum Gasteiger partial charge on any atom is 0.391 e. The van der Waals surface area contributed by atoms with Crippen LogP contribution in [-0.4, -0.2) is 12.7 Å². The fourth-order valence-electron chi connectivity index (χ4n) is 1.37. The summed E-state index contributed by atoms with van der Waals surface area (Å²) in [6.07, 6.45) is -1.73. The van der Waals surface area contributed by atoms with Gasteiger partial charge < -0.3 is 5.73 Å². The highest BCUT2D eigenvalue weighted by Crippen LogP contribution is 2.41. The molecular formula is C8H14F3N. The van der Waals surface area contributed by atoms with Gasteiger partial charge in [-0.15, -0.1) is 0 Å². The highest BCUT2D eigenvalue weighted by atomic mass is 19.4. The summed E-state index contributed by atoms with van der Waals surface area (Å²) in [5.41, 5.74) is 5.12. The molecule has 1 unspecified atom stereocenters. The van der Waals surface area contributed by atoms with Gasteiger partial charge in [0.2, 0.25) is 0 Å². The number of halogens is 3. The van der Waals surface area contributed by atoms with Crippen LogP contribution in [0, 0.1) is 11.8 Å². The van der Waals surface area contributed by atoms with Gasteiger partial charge in [0.1, 0.15) is 0 Å². The molecule has 1 saturated carbocycles. The first kappa shape index (κ1) is 9.84. The molecule has 1 aliphatic rings. The summed E-state index contributed by atoms with van der Waals surface area (Å²) in [5, 5.41) is 0. The van der Waals surface area contributed by atoms with E-state index in [-0.39, 0.29) is 13.0 Å². The summed E-state index contributed by atoms with van der Waals surface area (Å²) >= 11 is 0. The molecule has 0 aliphatic heterocycles. The van der Waals surface area contributed by atoms with Gasteiger partial charge in [0.15, 0.2) is 0 Å². The third kappa shape index (κ3) is 3.01. The van der Waals surface area contributed by atoms with Gasteiger partial charge in [-0.1, -0.05) is 12.8 Å². The quantitative estimate of drug-likeness (QED) is 0.707. The first-order valence-electron chi connectivity index (χ1n) is 4.31. The molecule has 1 fully saturated rings. The fourth-order valence-corrected chi connectivity index (χ4v) is 1.37. The Hall–Kier alpha value is -0.250. The van der Waals surface area contributed by atoms with E-state index >= 15 is 0 Å². The Morgan fingerprint density at radius 2 is 1.92 bits per heavy atom. The first-order chi connectivity index (χ1) is 5.54. The Kier molecular flexibility index (Phi) is 2.99. The molecule has 0 bridgehead atoms. The van der Waals surface area contributed by atoms with Crippen molar-refractivity contribution >= 4 is 0 Å². The number of hydrogen-bond donors (Lipinski definition) is 1. The van der Waals surface area contributed by atoms with Crippen molar-refractivity contribution in [2.75, 3.05) is 6.54 Å². The zero-order valence-electron chi connectivity index (χ0n) is 6.90. The summed E-state index contributed by atoms with van der Waals surface area (Å²) < 4.78 is 36.7. The summed E-state index contributed by atoms with van der Waals surface area (Å²) in [5.74, 6) is -0.835. The number of alkyl halides is 3. The molecule has 0 aromatic rings. The molecule has 0 amide bonds. The van der Waals surface area contributed by atoms with E-state index in [9.17, 15) is 13.2 Å². The van der Waals surface area contributed by atoms with E-state index in [1.165, 1.54) is 0 Å². The summed E-state index contributed by atoms with van der Waals surface area (Å²) in [6.45, 7) is 0.136. The van der Waals surface area contributed by atoms with Crippen LogP contribution in [0.1, 0.15) is 25.7 Å². The first-order valence-corrected chi connectivity index (χ1v) is 4.31. The molecular weight excluding hydrogens is 167 g/mol. The summed E-state index contributed by atoms with van der Waals surface area (Å²) in [6, 6.07) is 0. The van der Waals surface area contributed by atoms with Crippen LogP contribution >= 0.6 is 0 Å². The second-order valence-corrected chi connectivity index (χ2v) is 3.49. The fraction of sp³-hybridized carbons (Fsp3) is 1.00. The van der Waals surface area contributed by atoms with E-state index in [0.717, 1.165) is 12.8 Å². The SMILES string of the molecule is NCCC(CC1CC1)C(F)(F)F. The van der Waals surface area contributed by atoms with E-state index in [1.807, 2.05) is 0 Å². The second kappa shape index (κ2) is 3.64. The third-order valence-corrected chi connectivity index (χ3v) is 2.29. The number of hydrogen-bond acceptors (Lipinski definition) is 1. The molecule has 0 spiro atoms. The molecule has 1 aliphatic carbocycles. The topological polar surface area (TPSA) is 26.0 Å². The molecule has 1 nitrogen and oxygen atoms in total. The van der Waals surface area contributed by atoms with Gasteiger partial charge in [-0.25, -0.2) is 0 Å². The molecule has 1 rings (SSSR count). The van der Waals surface area contributed by atoms with E-state index in [0.29, 0.717) is 12.3 Å². The van der Waals surface area contributed by atoms with E-state index < -0.39 is 12.1 Å². The lowest BCUT2D eigenvalue weighted by Crippen LogP contribution is -2.26. The summed E-state index contributed by atoms with van der Waals surface area (Å²) in [4.78, 5) is 0. The number of rotatable bonds is 4. The Labute approximate surface area is 70.1 Å². The second-order valence-electron chi connectivity index (χ2n) is 3.49. The normalized spacial score (nSPS) is 21.0.